The van der Waals surface area contributed by atoms with Crippen molar-refractivity contribution in [2.45, 2.75) is 6.04 Å². The van der Waals surface area contributed by atoms with Crippen LogP contribution in [0, 0.1) is 0 Å². The predicted octanol–water partition coefficient (Wildman–Crippen LogP) is 3.21. The highest BCUT2D eigenvalue weighted by molar-refractivity contribution is 9.11. The summed E-state index contributed by atoms with van der Waals surface area (Å²) in [6.45, 7) is 0. The third-order valence-corrected chi connectivity index (χ3v) is 5.20. The molecule has 0 aliphatic carbocycles. The summed E-state index contributed by atoms with van der Waals surface area (Å²) >= 11 is 8.11. The largest absolute Gasteiger partial charge is 0.495 e. The molecule has 1 unspecified atom stereocenters. The molecule has 0 aromatic heterocycles. The molecule has 1 fully saturated rings. The number of carboxylic acid groups (broad SMARTS) is 1. The number of carbonyl (C=O) groups is 2. The maximum atomic E-state index is 12.2. The van der Waals surface area contributed by atoms with Gasteiger partial charge in [0.1, 0.15) is 11.8 Å². The summed E-state index contributed by atoms with van der Waals surface area (Å²) in [5.41, 5.74) is 0.515. The molecule has 6 nitrogen and oxygen atoms in total. The molecule has 114 valence electrons. The Labute approximate surface area is 142 Å². The molecule has 1 saturated heterocycles. The van der Waals surface area contributed by atoms with Gasteiger partial charge in [-0.05, 0) is 37.9 Å². The van der Waals surface area contributed by atoms with E-state index in [9.17, 15) is 9.59 Å². The summed E-state index contributed by atoms with van der Waals surface area (Å²) in [7, 11) is 1.52. The van der Waals surface area contributed by atoms with Gasteiger partial charge >= 0.3 is 12.0 Å². The molecule has 1 aromatic rings. The van der Waals surface area contributed by atoms with Gasteiger partial charge in [0.05, 0.1) is 23.1 Å². The lowest BCUT2D eigenvalue weighted by atomic mass is 10.3. The van der Waals surface area contributed by atoms with Gasteiger partial charge in [-0.1, -0.05) is 0 Å². The van der Waals surface area contributed by atoms with Crippen molar-refractivity contribution in [2.24, 2.45) is 0 Å². The highest BCUT2D eigenvalue weighted by atomic mass is 79.9. The number of hydrogen-bond donors (Lipinski definition) is 2. The number of nitrogens with zero attached hydrogens (tertiary/aromatic N) is 1. The molecule has 0 spiro atoms. The lowest BCUT2D eigenvalue weighted by molar-refractivity contribution is -0.140. The lowest BCUT2D eigenvalue weighted by Gasteiger charge is -2.21. The molecule has 1 aromatic carbocycles. The molecule has 9 heteroatoms. The number of methoxy groups -OCH3 is 1. The van der Waals surface area contributed by atoms with Crippen molar-refractivity contribution in [3.63, 3.8) is 0 Å². The molecule has 2 amide bonds. The van der Waals surface area contributed by atoms with Gasteiger partial charge in [0, 0.05) is 16.3 Å². The standard InChI is InChI=1S/C12H12Br2N2O4S/c1-20-10-3-8(6(13)2-7(10)14)15-12(19)16-5-21-4-9(16)11(17)18/h2-3,9H,4-5H2,1H3,(H,15,19)(H,17,18). The first-order valence-corrected chi connectivity index (χ1v) is 8.59. The zero-order valence-electron chi connectivity index (χ0n) is 10.9. The average molecular weight is 440 g/mol. The molecule has 0 saturated carbocycles. The number of halogens is 2. The van der Waals surface area contributed by atoms with Crippen molar-refractivity contribution < 1.29 is 19.4 Å². The third kappa shape index (κ3) is 3.64. The Kier molecular flexibility index (Phi) is 5.39. The van der Waals surface area contributed by atoms with Gasteiger partial charge in [-0.15, -0.1) is 11.8 Å². The average Bonchev–Trinajstić information content (AvgIpc) is 2.91. The lowest BCUT2D eigenvalue weighted by Crippen LogP contribution is -2.44. The molecule has 2 N–H and O–H groups in total. The van der Waals surface area contributed by atoms with E-state index in [1.807, 2.05) is 0 Å². The number of nitrogens with one attached hydrogen (secondary N) is 1. The van der Waals surface area contributed by atoms with Gasteiger partial charge in [0.25, 0.3) is 0 Å². The van der Waals surface area contributed by atoms with Crippen LogP contribution in [0.25, 0.3) is 0 Å². The Morgan fingerprint density at radius 2 is 2.14 bits per heavy atom. The van der Waals surface area contributed by atoms with Gasteiger partial charge in [-0.25, -0.2) is 9.59 Å². The van der Waals surface area contributed by atoms with Crippen molar-refractivity contribution in [1.82, 2.24) is 4.90 Å². The quantitative estimate of drug-likeness (QED) is 0.755. The number of anilines is 1. The minimum absolute atomic E-state index is 0.355. The third-order valence-electron chi connectivity index (χ3n) is 2.91. The second kappa shape index (κ2) is 6.89. The van der Waals surface area contributed by atoms with Crippen molar-refractivity contribution in [3.05, 3.63) is 21.1 Å². The highest BCUT2D eigenvalue weighted by Gasteiger charge is 2.34. The molecule has 0 bridgehead atoms. The molecule has 1 aliphatic rings. The Morgan fingerprint density at radius 1 is 1.43 bits per heavy atom. The summed E-state index contributed by atoms with van der Waals surface area (Å²) < 4.78 is 6.59. The summed E-state index contributed by atoms with van der Waals surface area (Å²) in [6, 6.07) is 2.16. The van der Waals surface area contributed by atoms with Crippen LogP contribution in [0.3, 0.4) is 0 Å². The van der Waals surface area contributed by atoms with Crippen LogP contribution in [-0.4, -0.2) is 46.8 Å². The van der Waals surface area contributed by atoms with Gasteiger partial charge in [0.15, 0.2) is 0 Å². The summed E-state index contributed by atoms with van der Waals surface area (Å²) in [5.74, 6) is 0.323. The number of thioether (sulfide) groups is 1. The molecule has 0 radical (unpaired) electrons. The first kappa shape index (κ1) is 16.4. The van der Waals surface area contributed by atoms with E-state index in [2.05, 4.69) is 37.2 Å². The number of rotatable bonds is 3. The molecular weight excluding hydrogens is 428 g/mol. The monoisotopic (exact) mass is 438 g/mol. The fraction of sp³-hybridized carbons (Fsp3) is 0.333. The van der Waals surface area contributed by atoms with Crippen LogP contribution in [0.4, 0.5) is 10.5 Å². The molecule has 21 heavy (non-hydrogen) atoms. The molecule has 1 atom stereocenters. The Morgan fingerprint density at radius 3 is 2.76 bits per heavy atom. The van der Waals surface area contributed by atoms with Gasteiger partial charge < -0.3 is 20.1 Å². The highest BCUT2D eigenvalue weighted by Crippen LogP contribution is 2.35. The Bertz CT molecular complexity index is 585. The summed E-state index contributed by atoms with van der Waals surface area (Å²) in [6.07, 6.45) is 0. The zero-order valence-corrected chi connectivity index (χ0v) is 14.9. The number of benzene rings is 1. The normalized spacial score (nSPS) is 17.7. The van der Waals surface area contributed by atoms with Crippen LogP contribution < -0.4 is 10.1 Å². The molecule has 2 rings (SSSR count). The molecular formula is C12H12Br2N2O4S. The second-order valence-electron chi connectivity index (χ2n) is 4.22. The number of carbonyl (C=O) groups excluding carboxylic acids is 1. The topological polar surface area (TPSA) is 78.9 Å². The van der Waals surface area contributed by atoms with E-state index in [-0.39, 0.29) is 0 Å². The number of aliphatic carboxylic acids is 1. The zero-order chi connectivity index (χ0) is 15.6. The van der Waals surface area contributed by atoms with E-state index in [0.29, 0.717) is 27.5 Å². The van der Waals surface area contributed by atoms with E-state index in [0.717, 1.165) is 4.47 Å². The van der Waals surface area contributed by atoms with Crippen LogP contribution in [-0.2, 0) is 4.79 Å². The molecule has 1 aliphatic heterocycles. The number of hydrogen-bond acceptors (Lipinski definition) is 4. The maximum absolute atomic E-state index is 12.2. The van der Waals surface area contributed by atoms with Gasteiger partial charge in [-0.3, -0.25) is 0 Å². The SMILES string of the molecule is COc1cc(NC(=O)N2CSCC2C(=O)O)c(Br)cc1Br. The van der Waals surface area contributed by atoms with Crippen LogP contribution in [0.2, 0.25) is 0 Å². The molecule has 1 heterocycles. The fourth-order valence-corrected chi connectivity index (χ4v) is 4.22. The Balaban J connectivity index is 2.18. The van der Waals surface area contributed by atoms with Crippen LogP contribution >= 0.6 is 43.6 Å². The predicted molar refractivity (Wildman–Crippen MR) is 88.0 cm³/mol. The first-order chi connectivity index (χ1) is 9.93. The van der Waals surface area contributed by atoms with E-state index >= 15 is 0 Å². The summed E-state index contributed by atoms with van der Waals surface area (Å²) in [4.78, 5) is 24.6. The van der Waals surface area contributed by atoms with E-state index in [1.54, 1.807) is 12.1 Å². The fourth-order valence-electron chi connectivity index (χ4n) is 1.82. The minimum atomic E-state index is -0.998. The van der Waals surface area contributed by atoms with Gasteiger partial charge in [-0.2, -0.15) is 0 Å². The summed E-state index contributed by atoms with van der Waals surface area (Å²) in [5, 5.41) is 11.8. The van der Waals surface area contributed by atoms with E-state index in [4.69, 9.17) is 9.84 Å². The minimum Gasteiger partial charge on any atom is -0.495 e. The second-order valence-corrected chi connectivity index (χ2v) is 6.93. The van der Waals surface area contributed by atoms with E-state index < -0.39 is 18.0 Å². The Hall–Kier alpha value is -0.930. The number of amides is 2. The number of urea groups is 1. The van der Waals surface area contributed by atoms with Crippen molar-refractivity contribution in [1.29, 1.82) is 0 Å². The smallest absolute Gasteiger partial charge is 0.327 e. The maximum Gasteiger partial charge on any atom is 0.327 e. The van der Waals surface area contributed by atoms with Crippen LogP contribution in [0.15, 0.2) is 21.1 Å². The van der Waals surface area contributed by atoms with Crippen molar-refractivity contribution in [2.75, 3.05) is 24.1 Å². The van der Waals surface area contributed by atoms with Gasteiger partial charge in [0.2, 0.25) is 0 Å². The van der Waals surface area contributed by atoms with Crippen LogP contribution in [0.5, 0.6) is 5.75 Å². The van der Waals surface area contributed by atoms with Crippen molar-refractivity contribution >= 4 is 61.3 Å². The van der Waals surface area contributed by atoms with Crippen molar-refractivity contribution in [3.8, 4) is 5.75 Å². The van der Waals surface area contributed by atoms with Crippen LogP contribution in [0.1, 0.15) is 0 Å². The first-order valence-electron chi connectivity index (χ1n) is 5.85. The number of carboxylic acids is 1. The number of ether oxygens (including phenoxy) is 1. The van der Waals surface area contributed by atoms with E-state index in [1.165, 1.54) is 23.8 Å².